The largest absolute Gasteiger partial charge is 0.357 e. The molecule has 0 saturated heterocycles. The van der Waals surface area contributed by atoms with E-state index in [1.807, 2.05) is 6.20 Å². The van der Waals surface area contributed by atoms with Crippen molar-refractivity contribution < 1.29 is 0 Å². The molecule has 29 heavy (non-hydrogen) atoms. The molecule has 5 rings (SSSR count). The Morgan fingerprint density at radius 3 is 2.69 bits per heavy atom. The number of aryl methyl sites for hydroxylation is 2. The number of rotatable bonds is 5. The molecule has 1 unspecified atom stereocenters. The fourth-order valence-corrected chi connectivity index (χ4v) is 4.74. The van der Waals surface area contributed by atoms with Crippen LogP contribution in [0.5, 0.6) is 0 Å². The third kappa shape index (κ3) is 3.18. The SMILES string of the molecule is CCc1ccc(C2c3[nH]c4ccccc4c3CCN2Cc2nccn2CC)cc1. The highest BCUT2D eigenvalue weighted by Gasteiger charge is 2.32. The molecule has 1 atom stereocenters. The number of aromatic amines is 1. The lowest BCUT2D eigenvalue weighted by Gasteiger charge is -2.36. The van der Waals surface area contributed by atoms with E-state index in [2.05, 4.69) is 88.0 Å². The Hall–Kier alpha value is -2.85. The first-order valence-electron chi connectivity index (χ1n) is 10.7. The Kier molecular flexibility index (Phi) is 4.72. The van der Waals surface area contributed by atoms with Crippen molar-refractivity contribution in [2.45, 2.75) is 45.8 Å². The van der Waals surface area contributed by atoms with Crippen LogP contribution in [0.2, 0.25) is 0 Å². The minimum atomic E-state index is 0.221. The zero-order chi connectivity index (χ0) is 19.8. The third-order valence-corrected chi connectivity index (χ3v) is 6.32. The Morgan fingerprint density at radius 1 is 1.07 bits per heavy atom. The maximum atomic E-state index is 4.65. The molecule has 0 fully saturated rings. The van der Waals surface area contributed by atoms with Crippen LogP contribution >= 0.6 is 0 Å². The van der Waals surface area contributed by atoms with E-state index in [1.54, 1.807) is 0 Å². The normalized spacial score (nSPS) is 17.0. The fourth-order valence-electron chi connectivity index (χ4n) is 4.74. The molecule has 0 aliphatic carbocycles. The maximum Gasteiger partial charge on any atom is 0.122 e. The molecule has 1 N–H and O–H groups in total. The van der Waals surface area contributed by atoms with Gasteiger partial charge >= 0.3 is 0 Å². The van der Waals surface area contributed by atoms with Crippen molar-refractivity contribution in [3.05, 3.63) is 89.1 Å². The molecule has 4 nitrogen and oxygen atoms in total. The summed E-state index contributed by atoms with van der Waals surface area (Å²) < 4.78 is 2.25. The third-order valence-electron chi connectivity index (χ3n) is 6.32. The lowest BCUT2D eigenvalue weighted by atomic mass is 9.91. The van der Waals surface area contributed by atoms with Gasteiger partial charge in [-0.15, -0.1) is 0 Å². The Morgan fingerprint density at radius 2 is 1.90 bits per heavy atom. The molecule has 0 spiro atoms. The van der Waals surface area contributed by atoms with E-state index >= 15 is 0 Å². The molecule has 2 aromatic carbocycles. The standard InChI is InChI=1S/C25H28N4/c1-3-18-9-11-19(12-10-18)25-24-21(20-7-5-6-8-22(20)27-24)13-15-29(25)17-23-26-14-16-28(23)4-2/h5-12,14,16,25,27H,3-4,13,15,17H2,1-2H3. The van der Waals surface area contributed by atoms with Crippen molar-refractivity contribution in [1.29, 1.82) is 0 Å². The smallest absolute Gasteiger partial charge is 0.122 e. The van der Waals surface area contributed by atoms with Crippen LogP contribution in [-0.4, -0.2) is 26.0 Å². The van der Waals surface area contributed by atoms with Gasteiger partial charge in [0.15, 0.2) is 0 Å². The second-order valence-corrected chi connectivity index (χ2v) is 7.91. The first-order chi connectivity index (χ1) is 14.3. The van der Waals surface area contributed by atoms with Crippen molar-refractivity contribution in [3.63, 3.8) is 0 Å². The molecule has 4 heteroatoms. The first kappa shape index (κ1) is 18.2. The minimum Gasteiger partial charge on any atom is -0.357 e. The number of aromatic nitrogens is 3. The van der Waals surface area contributed by atoms with E-state index in [1.165, 1.54) is 33.3 Å². The summed E-state index contributed by atoms with van der Waals surface area (Å²) in [5, 5.41) is 1.37. The van der Waals surface area contributed by atoms with Gasteiger partial charge in [0.1, 0.15) is 5.82 Å². The second kappa shape index (κ2) is 7.53. The van der Waals surface area contributed by atoms with Gasteiger partial charge in [-0.1, -0.05) is 49.4 Å². The molecule has 0 radical (unpaired) electrons. The van der Waals surface area contributed by atoms with Gasteiger partial charge in [-0.3, -0.25) is 4.90 Å². The zero-order valence-corrected chi connectivity index (χ0v) is 17.2. The van der Waals surface area contributed by atoms with Crippen LogP contribution in [0, 0.1) is 0 Å². The summed E-state index contributed by atoms with van der Waals surface area (Å²) in [6.07, 6.45) is 6.14. The van der Waals surface area contributed by atoms with Crippen LogP contribution in [0.4, 0.5) is 0 Å². The van der Waals surface area contributed by atoms with Crippen LogP contribution in [0.3, 0.4) is 0 Å². The van der Waals surface area contributed by atoms with Crippen LogP contribution in [0.15, 0.2) is 60.9 Å². The van der Waals surface area contributed by atoms with Crippen molar-refractivity contribution in [2.24, 2.45) is 0 Å². The minimum absolute atomic E-state index is 0.221. The van der Waals surface area contributed by atoms with Crippen molar-refractivity contribution >= 4 is 10.9 Å². The number of hydrogen-bond donors (Lipinski definition) is 1. The second-order valence-electron chi connectivity index (χ2n) is 7.91. The van der Waals surface area contributed by atoms with E-state index in [9.17, 15) is 0 Å². The molecule has 1 aliphatic heterocycles. The number of fused-ring (bicyclic) bond motifs is 3. The van der Waals surface area contributed by atoms with Gasteiger partial charge in [0.05, 0.1) is 12.6 Å². The number of nitrogens with one attached hydrogen (secondary N) is 1. The molecular weight excluding hydrogens is 356 g/mol. The van der Waals surface area contributed by atoms with Crippen molar-refractivity contribution in [3.8, 4) is 0 Å². The Balaban J connectivity index is 1.60. The summed E-state index contributed by atoms with van der Waals surface area (Å²) in [4.78, 5) is 11.0. The first-order valence-corrected chi connectivity index (χ1v) is 10.7. The molecule has 0 amide bonds. The Bertz CT molecular complexity index is 1120. The highest BCUT2D eigenvalue weighted by molar-refractivity contribution is 5.85. The number of benzene rings is 2. The van der Waals surface area contributed by atoms with Gasteiger partial charge in [0.2, 0.25) is 0 Å². The van der Waals surface area contributed by atoms with Gasteiger partial charge < -0.3 is 9.55 Å². The number of hydrogen-bond acceptors (Lipinski definition) is 2. The van der Waals surface area contributed by atoms with Crippen molar-refractivity contribution in [1.82, 2.24) is 19.4 Å². The summed E-state index contributed by atoms with van der Waals surface area (Å²) >= 11 is 0. The summed E-state index contributed by atoms with van der Waals surface area (Å²) in [6.45, 7) is 7.23. The average Bonchev–Trinajstić information content (AvgIpc) is 3.37. The molecular formula is C25H28N4. The topological polar surface area (TPSA) is 36.9 Å². The van der Waals surface area contributed by atoms with Crippen LogP contribution in [-0.2, 0) is 25.9 Å². The summed E-state index contributed by atoms with van der Waals surface area (Å²) in [5.74, 6) is 1.14. The lowest BCUT2D eigenvalue weighted by molar-refractivity contribution is 0.194. The molecule has 0 saturated carbocycles. The molecule has 148 valence electrons. The van der Waals surface area contributed by atoms with Gasteiger partial charge in [-0.2, -0.15) is 0 Å². The number of para-hydroxylation sites is 1. The van der Waals surface area contributed by atoms with Crippen LogP contribution in [0.25, 0.3) is 10.9 Å². The average molecular weight is 385 g/mol. The fraction of sp³-hybridized carbons (Fsp3) is 0.320. The van der Waals surface area contributed by atoms with Gasteiger partial charge in [-0.05, 0) is 42.5 Å². The lowest BCUT2D eigenvalue weighted by Crippen LogP contribution is -2.36. The van der Waals surface area contributed by atoms with Gasteiger partial charge in [-0.25, -0.2) is 4.98 Å². The van der Waals surface area contributed by atoms with E-state index in [-0.39, 0.29) is 6.04 Å². The maximum absolute atomic E-state index is 4.65. The van der Waals surface area contributed by atoms with Gasteiger partial charge in [0.25, 0.3) is 0 Å². The molecule has 1 aliphatic rings. The van der Waals surface area contributed by atoms with Crippen molar-refractivity contribution in [2.75, 3.05) is 6.54 Å². The highest BCUT2D eigenvalue weighted by Crippen LogP contribution is 2.39. The predicted octanol–water partition coefficient (Wildman–Crippen LogP) is 5.09. The van der Waals surface area contributed by atoms with E-state index in [0.717, 1.165) is 38.3 Å². The van der Waals surface area contributed by atoms with E-state index in [0.29, 0.717) is 0 Å². The molecule has 3 heterocycles. The Labute approximate surface area is 172 Å². The molecule has 2 aromatic heterocycles. The summed E-state index contributed by atoms with van der Waals surface area (Å²) in [5.41, 5.74) is 6.79. The number of imidazole rings is 1. The van der Waals surface area contributed by atoms with Crippen LogP contribution in [0.1, 0.15) is 48.1 Å². The number of H-pyrrole nitrogens is 1. The molecule has 0 bridgehead atoms. The number of nitrogens with zero attached hydrogens (tertiary/aromatic N) is 3. The van der Waals surface area contributed by atoms with Crippen LogP contribution < -0.4 is 0 Å². The zero-order valence-electron chi connectivity index (χ0n) is 17.2. The van der Waals surface area contributed by atoms with E-state index in [4.69, 9.17) is 0 Å². The highest BCUT2D eigenvalue weighted by atomic mass is 15.2. The van der Waals surface area contributed by atoms with E-state index < -0.39 is 0 Å². The quantitative estimate of drug-likeness (QED) is 0.520. The summed E-state index contributed by atoms with van der Waals surface area (Å²) in [7, 11) is 0. The molecule has 4 aromatic rings. The monoisotopic (exact) mass is 384 g/mol. The van der Waals surface area contributed by atoms with Gasteiger partial charge in [0, 0.05) is 42.1 Å². The summed E-state index contributed by atoms with van der Waals surface area (Å²) in [6, 6.07) is 18.1. The predicted molar refractivity (Wildman–Crippen MR) is 118 cm³/mol.